The van der Waals surface area contributed by atoms with Crippen molar-refractivity contribution in [3.05, 3.63) is 59.4 Å². The normalized spacial score (nSPS) is 13.7. The molecule has 0 saturated carbocycles. The highest BCUT2D eigenvalue weighted by atomic mass is 35.5. The second kappa shape index (κ2) is 6.65. The quantitative estimate of drug-likeness (QED) is 0.656. The number of carbonyl (C=O) groups is 1. The number of aromatic nitrogens is 2. The van der Waals surface area contributed by atoms with Gasteiger partial charge < -0.3 is 9.30 Å². The number of rotatable bonds is 5. The van der Waals surface area contributed by atoms with Crippen molar-refractivity contribution in [1.29, 1.82) is 0 Å². The van der Waals surface area contributed by atoms with Gasteiger partial charge in [-0.15, -0.1) is 0 Å². The van der Waals surface area contributed by atoms with Gasteiger partial charge in [-0.2, -0.15) is 0 Å². The molecule has 24 heavy (non-hydrogen) atoms. The Morgan fingerprint density at radius 3 is 2.46 bits per heavy atom. The largest absolute Gasteiger partial charge is 0.483 e. The van der Waals surface area contributed by atoms with E-state index in [0.717, 1.165) is 16.9 Å². The predicted octanol–water partition coefficient (Wildman–Crippen LogP) is 4.98. The topological polar surface area (TPSA) is 44.1 Å². The van der Waals surface area contributed by atoms with Crippen LogP contribution in [0.4, 0.5) is 0 Å². The van der Waals surface area contributed by atoms with Gasteiger partial charge in [0.05, 0.1) is 17.1 Å². The molecule has 5 heteroatoms. The highest BCUT2D eigenvalue weighted by Crippen LogP contribution is 2.29. The first kappa shape index (κ1) is 16.5. The van der Waals surface area contributed by atoms with Crippen LogP contribution in [0.1, 0.15) is 38.7 Å². The number of benzene rings is 2. The molecule has 0 bridgehead atoms. The first-order valence-corrected chi connectivity index (χ1v) is 8.24. The van der Waals surface area contributed by atoms with Crippen LogP contribution >= 0.6 is 11.6 Å². The standard InChI is InChI=1S/C19H19ClN2O2/c1-12(13(2)23)22-18-7-5-4-6-17(18)21-19(22)14(3)24-16-10-8-15(20)9-11-16/h4-12,14H,1-3H3. The van der Waals surface area contributed by atoms with Gasteiger partial charge in [-0.25, -0.2) is 4.98 Å². The summed E-state index contributed by atoms with van der Waals surface area (Å²) in [4.78, 5) is 16.6. The Bertz CT molecular complexity index is 871. The second-order valence-electron chi connectivity index (χ2n) is 5.83. The van der Waals surface area contributed by atoms with Gasteiger partial charge in [0.1, 0.15) is 5.75 Å². The van der Waals surface area contributed by atoms with E-state index in [1.54, 1.807) is 19.1 Å². The Hall–Kier alpha value is -2.33. The van der Waals surface area contributed by atoms with Crippen LogP contribution in [0.3, 0.4) is 0 Å². The lowest BCUT2D eigenvalue weighted by atomic mass is 10.2. The van der Waals surface area contributed by atoms with E-state index in [4.69, 9.17) is 16.3 Å². The maximum atomic E-state index is 12.0. The Labute approximate surface area is 146 Å². The number of halogens is 1. The number of hydrogen-bond acceptors (Lipinski definition) is 3. The van der Waals surface area contributed by atoms with E-state index < -0.39 is 0 Å². The maximum absolute atomic E-state index is 12.0. The van der Waals surface area contributed by atoms with Crippen molar-refractivity contribution in [3.8, 4) is 5.75 Å². The summed E-state index contributed by atoms with van der Waals surface area (Å²) in [5, 5.41) is 0.660. The van der Waals surface area contributed by atoms with Gasteiger partial charge in [0.15, 0.2) is 17.7 Å². The average molecular weight is 343 g/mol. The molecule has 4 nitrogen and oxygen atoms in total. The van der Waals surface area contributed by atoms with Gasteiger partial charge in [0.2, 0.25) is 0 Å². The molecular formula is C19H19ClN2O2. The Morgan fingerprint density at radius 1 is 1.12 bits per heavy atom. The smallest absolute Gasteiger partial charge is 0.153 e. The van der Waals surface area contributed by atoms with Gasteiger partial charge in [-0.3, -0.25) is 4.79 Å². The minimum Gasteiger partial charge on any atom is -0.483 e. The fraction of sp³-hybridized carbons (Fsp3) is 0.263. The van der Waals surface area contributed by atoms with E-state index in [9.17, 15) is 4.79 Å². The number of para-hydroxylation sites is 2. The van der Waals surface area contributed by atoms with Crippen molar-refractivity contribution in [3.63, 3.8) is 0 Å². The average Bonchev–Trinajstić information content (AvgIpc) is 2.95. The summed E-state index contributed by atoms with van der Waals surface area (Å²) in [6.45, 7) is 5.40. The van der Waals surface area contributed by atoms with E-state index in [-0.39, 0.29) is 17.9 Å². The highest BCUT2D eigenvalue weighted by Gasteiger charge is 2.23. The first-order chi connectivity index (χ1) is 11.5. The zero-order valence-corrected chi connectivity index (χ0v) is 14.6. The minimum absolute atomic E-state index is 0.0816. The summed E-state index contributed by atoms with van der Waals surface area (Å²) in [6.07, 6.45) is -0.305. The van der Waals surface area contributed by atoms with E-state index in [2.05, 4.69) is 4.98 Å². The van der Waals surface area contributed by atoms with Crippen molar-refractivity contribution in [2.24, 2.45) is 0 Å². The lowest BCUT2D eigenvalue weighted by Gasteiger charge is -2.20. The summed E-state index contributed by atoms with van der Waals surface area (Å²) in [6, 6.07) is 14.7. The number of hydrogen-bond donors (Lipinski definition) is 0. The third-order valence-corrected chi connectivity index (χ3v) is 4.34. The minimum atomic E-state index is -0.305. The molecule has 0 aliphatic carbocycles. The first-order valence-electron chi connectivity index (χ1n) is 7.87. The lowest BCUT2D eigenvalue weighted by molar-refractivity contribution is -0.119. The number of ether oxygens (including phenoxy) is 1. The number of Topliss-reactive ketones (excluding diaryl/α,β-unsaturated/α-hetero) is 1. The molecule has 1 aromatic heterocycles. The fourth-order valence-electron chi connectivity index (χ4n) is 2.71. The number of carbonyl (C=O) groups excluding carboxylic acids is 1. The summed E-state index contributed by atoms with van der Waals surface area (Å²) >= 11 is 5.91. The number of nitrogens with zero attached hydrogens (tertiary/aromatic N) is 2. The summed E-state index contributed by atoms with van der Waals surface area (Å²) < 4.78 is 7.96. The van der Waals surface area contributed by atoms with Crippen LogP contribution in [0.25, 0.3) is 11.0 Å². The molecule has 0 saturated heterocycles. The maximum Gasteiger partial charge on any atom is 0.153 e. The third kappa shape index (κ3) is 3.15. The predicted molar refractivity (Wildman–Crippen MR) is 95.6 cm³/mol. The molecular weight excluding hydrogens is 324 g/mol. The lowest BCUT2D eigenvalue weighted by Crippen LogP contribution is -2.19. The molecule has 124 valence electrons. The number of imidazole rings is 1. The van der Waals surface area contributed by atoms with Crippen LogP contribution in [-0.2, 0) is 4.79 Å². The molecule has 0 radical (unpaired) electrons. The van der Waals surface area contributed by atoms with Crippen molar-refractivity contribution in [2.75, 3.05) is 0 Å². The molecule has 2 atom stereocenters. The van der Waals surface area contributed by atoms with Crippen LogP contribution in [0.5, 0.6) is 5.75 Å². The Morgan fingerprint density at radius 2 is 1.79 bits per heavy atom. The van der Waals surface area contributed by atoms with Crippen LogP contribution in [0.15, 0.2) is 48.5 Å². The SMILES string of the molecule is CC(=O)C(C)n1c(C(C)Oc2ccc(Cl)cc2)nc2ccccc21. The monoisotopic (exact) mass is 342 g/mol. The number of ketones is 1. The zero-order valence-electron chi connectivity index (χ0n) is 13.9. The molecule has 3 rings (SSSR count). The van der Waals surface area contributed by atoms with Gasteiger partial charge in [0.25, 0.3) is 0 Å². The third-order valence-electron chi connectivity index (χ3n) is 4.09. The second-order valence-corrected chi connectivity index (χ2v) is 6.27. The molecule has 2 aromatic carbocycles. The Kier molecular flexibility index (Phi) is 4.58. The molecule has 0 aliphatic heterocycles. The van der Waals surface area contributed by atoms with Crippen molar-refractivity contribution >= 4 is 28.4 Å². The van der Waals surface area contributed by atoms with Gasteiger partial charge in [-0.05, 0) is 57.2 Å². The molecule has 0 N–H and O–H groups in total. The molecule has 0 aliphatic rings. The van der Waals surface area contributed by atoms with Crippen LogP contribution in [0, 0.1) is 0 Å². The van der Waals surface area contributed by atoms with Gasteiger partial charge >= 0.3 is 0 Å². The fourth-order valence-corrected chi connectivity index (χ4v) is 2.83. The Balaban J connectivity index is 2.02. The summed E-state index contributed by atoms with van der Waals surface area (Å²) in [5.41, 5.74) is 1.79. The highest BCUT2D eigenvalue weighted by molar-refractivity contribution is 6.30. The molecule has 0 fully saturated rings. The van der Waals surface area contributed by atoms with Crippen LogP contribution < -0.4 is 4.74 Å². The summed E-state index contributed by atoms with van der Waals surface area (Å²) in [7, 11) is 0. The van der Waals surface area contributed by atoms with Gasteiger partial charge in [0, 0.05) is 5.02 Å². The van der Waals surface area contributed by atoms with Crippen molar-refractivity contribution in [1.82, 2.24) is 9.55 Å². The number of fused-ring (bicyclic) bond motifs is 1. The van der Waals surface area contributed by atoms with Crippen LogP contribution in [-0.4, -0.2) is 15.3 Å². The van der Waals surface area contributed by atoms with E-state index in [1.165, 1.54) is 0 Å². The van der Waals surface area contributed by atoms with E-state index >= 15 is 0 Å². The van der Waals surface area contributed by atoms with Gasteiger partial charge in [-0.1, -0.05) is 23.7 Å². The van der Waals surface area contributed by atoms with E-state index in [0.29, 0.717) is 10.8 Å². The molecule has 3 aromatic rings. The molecule has 0 spiro atoms. The zero-order chi connectivity index (χ0) is 17.3. The molecule has 0 amide bonds. The van der Waals surface area contributed by atoms with E-state index in [1.807, 2.05) is 54.8 Å². The molecule has 1 heterocycles. The molecule has 2 unspecified atom stereocenters. The van der Waals surface area contributed by atoms with Crippen molar-refractivity contribution in [2.45, 2.75) is 32.9 Å². The summed E-state index contributed by atoms with van der Waals surface area (Å²) in [5.74, 6) is 1.52. The van der Waals surface area contributed by atoms with Crippen molar-refractivity contribution < 1.29 is 9.53 Å². The van der Waals surface area contributed by atoms with Crippen LogP contribution in [0.2, 0.25) is 5.02 Å².